The van der Waals surface area contributed by atoms with E-state index >= 15 is 0 Å². The summed E-state index contributed by atoms with van der Waals surface area (Å²) >= 11 is 0. The van der Waals surface area contributed by atoms with Crippen LogP contribution in [-0.4, -0.2) is 10.1 Å². The van der Waals surface area contributed by atoms with E-state index in [9.17, 15) is 5.11 Å². The fraction of sp³-hybridized carbons (Fsp3) is 0.100. The maximum Gasteiger partial charge on any atom is 0.125 e. The number of aryl methyl sites for hydroxylation is 1. The van der Waals surface area contributed by atoms with Gasteiger partial charge in [-0.1, -0.05) is 0 Å². The van der Waals surface area contributed by atoms with Gasteiger partial charge in [-0.15, -0.1) is 0 Å². The molecular formula is C10H9NO. The first kappa shape index (κ1) is 7.10. The first-order chi connectivity index (χ1) is 5.77. The zero-order valence-corrected chi connectivity index (χ0v) is 6.78. The van der Waals surface area contributed by atoms with Gasteiger partial charge in [-0.25, -0.2) is 0 Å². The van der Waals surface area contributed by atoms with Crippen LogP contribution in [0.15, 0.2) is 30.5 Å². The highest BCUT2D eigenvalue weighted by Crippen LogP contribution is 2.23. The molecule has 0 radical (unpaired) electrons. The summed E-state index contributed by atoms with van der Waals surface area (Å²) in [5.41, 5.74) is 1.87. The van der Waals surface area contributed by atoms with Crippen LogP contribution in [0.4, 0.5) is 0 Å². The van der Waals surface area contributed by atoms with E-state index in [-0.39, 0.29) is 0 Å². The van der Waals surface area contributed by atoms with Gasteiger partial charge in [0.25, 0.3) is 0 Å². The molecule has 1 heterocycles. The Morgan fingerprint density at radius 2 is 2.17 bits per heavy atom. The van der Waals surface area contributed by atoms with Crippen LogP contribution in [-0.2, 0) is 0 Å². The molecule has 0 fully saturated rings. The SMILES string of the molecule is Cc1cc(O)c2cccnc2c1. The maximum atomic E-state index is 9.51. The van der Waals surface area contributed by atoms with Crippen molar-refractivity contribution in [2.24, 2.45) is 0 Å². The Morgan fingerprint density at radius 1 is 1.33 bits per heavy atom. The Bertz CT molecular complexity index is 423. The summed E-state index contributed by atoms with van der Waals surface area (Å²) < 4.78 is 0. The molecule has 0 aliphatic heterocycles. The van der Waals surface area contributed by atoms with Gasteiger partial charge in [0, 0.05) is 11.6 Å². The number of phenolic OH excluding ortho intramolecular Hbond substituents is 1. The van der Waals surface area contributed by atoms with Crippen molar-refractivity contribution in [2.75, 3.05) is 0 Å². The lowest BCUT2D eigenvalue weighted by atomic mass is 10.1. The lowest BCUT2D eigenvalue weighted by molar-refractivity contribution is 0.481. The molecule has 0 saturated heterocycles. The van der Waals surface area contributed by atoms with E-state index < -0.39 is 0 Å². The van der Waals surface area contributed by atoms with Crippen molar-refractivity contribution in [1.29, 1.82) is 0 Å². The molecule has 1 aromatic carbocycles. The number of nitrogens with zero attached hydrogens (tertiary/aromatic N) is 1. The lowest BCUT2D eigenvalue weighted by Crippen LogP contribution is -1.79. The smallest absolute Gasteiger partial charge is 0.125 e. The summed E-state index contributed by atoms with van der Waals surface area (Å²) in [5, 5.41) is 10.3. The fourth-order valence-electron chi connectivity index (χ4n) is 1.30. The van der Waals surface area contributed by atoms with E-state index in [1.165, 1.54) is 0 Å². The molecule has 0 saturated carbocycles. The maximum absolute atomic E-state index is 9.51. The van der Waals surface area contributed by atoms with E-state index in [0.29, 0.717) is 5.75 Å². The zero-order valence-electron chi connectivity index (χ0n) is 6.78. The third kappa shape index (κ3) is 1.01. The van der Waals surface area contributed by atoms with Gasteiger partial charge in [-0.3, -0.25) is 4.98 Å². The number of fused-ring (bicyclic) bond motifs is 1. The third-order valence-electron chi connectivity index (χ3n) is 1.84. The van der Waals surface area contributed by atoms with Crippen LogP contribution in [0, 0.1) is 6.92 Å². The van der Waals surface area contributed by atoms with Gasteiger partial charge in [0.1, 0.15) is 5.75 Å². The van der Waals surface area contributed by atoms with Gasteiger partial charge in [0.15, 0.2) is 0 Å². The van der Waals surface area contributed by atoms with Crippen LogP contribution in [0.3, 0.4) is 0 Å². The number of hydrogen-bond donors (Lipinski definition) is 1. The summed E-state index contributed by atoms with van der Waals surface area (Å²) in [7, 11) is 0. The summed E-state index contributed by atoms with van der Waals surface area (Å²) in [6, 6.07) is 7.37. The Morgan fingerprint density at radius 3 is 3.00 bits per heavy atom. The van der Waals surface area contributed by atoms with Crippen LogP contribution >= 0.6 is 0 Å². The Balaban J connectivity index is 2.89. The molecule has 2 rings (SSSR count). The van der Waals surface area contributed by atoms with E-state index in [1.807, 2.05) is 25.1 Å². The van der Waals surface area contributed by atoms with Gasteiger partial charge in [-0.2, -0.15) is 0 Å². The Labute approximate surface area is 70.5 Å². The number of rotatable bonds is 0. The molecule has 2 nitrogen and oxygen atoms in total. The Kier molecular flexibility index (Phi) is 1.47. The van der Waals surface area contributed by atoms with Crippen molar-refractivity contribution < 1.29 is 5.11 Å². The van der Waals surface area contributed by atoms with Gasteiger partial charge < -0.3 is 5.11 Å². The summed E-state index contributed by atoms with van der Waals surface area (Å²) in [6.45, 7) is 1.94. The second-order valence-corrected chi connectivity index (χ2v) is 2.85. The molecule has 1 aromatic heterocycles. The van der Waals surface area contributed by atoms with Crippen LogP contribution in [0.25, 0.3) is 10.9 Å². The molecule has 1 N–H and O–H groups in total. The zero-order chi connectivity index (χ0) is 8.55. The van der Waals surface area contributed by atoms with Crippen molar-refractivity contribution in [3.8, 4) is 5.75 Å². The monoisotopic (exact) mass is 159 g/mol. The van der Waals surface area contributed by atoms with Crippen molar-refractivity contribution in [1.82, 2.24) is 4.98 Å². The first-order valence-electron chi connectivity index (χ1n) is 3.82. The van der Waals surface area contributed by atoms with E-state index in [0.717, 1.165) is 16.5 Å². The molecule has 0 amide bonds. The normalized spacial score (nSPS) is 10.4. The van der Waals surface area contributed by atoms with E-state index in [4.69, 9.17) is 0 Å². The molecule has 0 unspecified atom stereocenters. The molecular weight excluding hydrogens is 150 g/mol. The number of pyridine rings is 1. The summed E-state index contributed by atoms with van der Waals surface area (Å²) in [5.74, 6) is 0.304. The highest BCUT2D eigenvalue weighted by atomic mass is 16.3. The molecule has 2 aromatic rings. The van der Waals surface area contributed by atoms with Crippen LogP contribution in [0.5, 0.6) is 5.75 Å². The van der Waals surface area contributed by atoms with Crippen LogP contribution in [0.1, 0.15) is 5.56 Å². The molecule has 2 heteroatoms. The number of hydrogen-bond acceptors (Lipinski definition) is 2. The average Bonchev–Trinajstić information content (AvgIpc) is 2.04. The number of benzene rings is 1. The second-order valence-electron chi connectivity index (χ2n) is 2.85. The lowest BCUT2D eigenvalue weighted by Gasteiger charge is -2.00. The third-order valence-corrected chi connectivity index (χ3v) is 1.84. The highest BCUT2D eigenvalue weighted by molar-refractivity contribution is 5.85. The van der Waals surface area contributed by atoms with Crippen LogP contribution in [0.2, 0.25) is 0 Å². The largest absolute Gasteiger partial charge is 0.507 e. The average molecular weight is 159 g/mol. The molecule has 0 aliphatic carbocycles. The topological polar surface area (TPSA) is 33.1 Å². The first-order valence-corrected chi connectivity index (χ1v) is 3.82. The molecule has 0 atom stereocenters. The van der Waals surface area contributed by atoms with Gasteiger partial charge >= 0.3 is 0 Å². The number of aromatic nitrogens is 1. The summed E-state index contributed by atoms with van der Waals surface area (Å²) in [4.78, 5) is 4.14. The molecule has 0 aliphatic rings. The fourth-order valence-corrected chi connectivity index (χ4v) is 1.30. The highest BCUT2D eigenvalue weighted by Gasteiger charge is 1.99. The van der Waals surface area contributed by atoms with Crippen molar-refractivity contribution in [2.45, 2.75) is 6.92 Å². The van der Waals surface area contributed by atoms with Crippen molar-refractivity contribution in [3.63, 3.8) is 0 Å². The minimum atomic E-state index is 0.304. The van der Waals surface area contributed by atoms with Crippen molar-refractivity contribution >= 4 is 10.9 Å². The van der Waals surface area contributed by atoms with Gasteiger partial charge in [0.05, 0.1) is 5.52 Å². The summed E-state index contributed by atoms with van der Waals surface area (Å²) in [6.07, 6.45) is 1.72. The van der Waals surface area contributed by atoms with Crippen LogP contribution < -0.4 is 0 Å². The minimum Gasteiger partial charge on any atom is -0.507 e. The predicted molar refractivity (Wildman–Crippen MR) is 48.1 cm³/mol. The number of phenols is 1. The van der Waals surface area contributed by atoms with E-state index in [2.05, 4.69) is 4.98 Å². The predicted octanol–water partition coefficient (Wildman–Crippen LogP) is 2.25. The van der Waals surface area contributed by atoms with Crippen molar-refractivity contribution in [3.05, 3.63) is 36.0 Å². The number of aromatic hydroxyl groups is 1. The quantitative estimate of drug-likeness (QED) is 0.639. The molecule has 0 bridgehead atoms. The Hall–Kier alpha value is -1.57. The minimum absolute atomic E-state index is 0.304. The van der Waals surface area contributed by atoms with Gasteiger partial charge in [0.2, 0.25) is 0 Å². The van der Waals surface area contributed by atoms with Gasteiger partial charge in [-0.05, 0) is 36.8 Å². The van der Waals surface area contributed by atoms with E-state index in [1.54, 1.807) is 12.3 Å². The second kappa shape index (κ2) is 2.48. The molecule has 0 spiro atoms. The standard InChI is InChI=1S/C10H9NO/c1-7-5-9-8(10(12)6-7)3-2-4-11-9/h2-6,12H,1H3. The molecule has 60 valence electrons. The molecule has 12 heavy (non-hydrogen) atoms.